The molecule has 3 atom stereocenters. The molecule has 0 spiro atoms. The van der Waals surface area contributed by atoms with Gasteiger partial charge in [-0.2, -0.15) is 0 Å². The second kappa shape index (κ2) is 2.22. The Bertz CT molecular complexity index is 225. The van der Waals surface area contributed by atoms with Crippen molar-refractivity contribution in [2.75, 3.05) is 13.7 Å². The molecule has 1 saturated carbocycles. The normalized spacial score (nSPS) is 42.1. The van der Waals surface area contributed by atoms with Gasteiger partial charge in [0.05, 0.1) is 13.7 Å². The van der Waals surface area contributed by atoms with Crippen LogP contribution in [0.4, 0.5) is 0 Å². The van der Waals surface area contributed by atoms with Crippen LogP contribution < -0.4 is 5.32 Å². The number of hydrogen-bond acceptors (Lipinski definition) is 2. The molecule has 0 unspecified atom stereocenters. The van der Waals surface area contributed by atoms with E-state index in [1.807, 2.05) is 0 Å². The van der Waals surface area contributed by atoms with Gasteiger partial charge >= 0.3 is 5.97 Å². The minimum atomic E-state index is -0.0481. The van der Waals surface area contributed by atoms with E-state index >= 15 is 0 Å². The van der Waals surface area contributed by atoms with Gasteiger partial charge in [0.2, 0.25) is 0 Å². The first-order chi connectivity index (χ1) is 5.59. The van der Waals surface area contributed by atoms with Crippen LogP contribution in [0.15, 0.2) is 0 Å². The van der Waals surface area contributed by atoms with Crippen molar-refractivity contribution in [1.82, 2.24) is 0 Å². The molecule has 3 nitrogen and oxygen atoms in total. The van der Waals surface area contributed by atoms with Gasteiger partial charge in [-0.05, 0) is 5.41 Å². The highest BCUT2D eigenvalue weighted by Gasteiger charge is 2.69. The molecule has 2 fully saturated rings. The van der Waals surface area contributed by atoms with E-state index in [4.69, 9.17) is 4.74 Å². The van der Waals surface area contributed by atoms with Crippen molar-refractivity contribution >= 4 is 5.97 Å². The Morgan fingerprint density at radius 3 is 2.67 bits per heavy atom. The third-order valence-corrected chi connectivity index (χ3v) is 3.64. The number of rotatable bonds is 1. The average Bonchev–Trinajstić information content (AvgIpc) is 2.52. The highest BCUT2D eigenvalue weighted by molar-refractivity contribution is 5.75. The van der Waals surface area contributed by atoms with Gasteiger partial charge in [0.25, 0.3) is 0 Å². The van der Waals surface area contributed by atoms with Gasteiger partial charge in [0.1, 0.15) is 0 Å². The van der Waals surface area contributed by atoms with Crippen LogP contribution in [0.2, 0.25) is 0 Å². The van der Waals surface area contributed by atoms with Crippen molar-refractivity contribution in [2.24, 2.45) is 17.3 Å². The molecule has 2 rings (SSSR count). The lowest BCUT2D eigenvalue weighted by Gasteiger charge is -2.13. The van der Waals surface area contributed by atoms with Crippen molar-refractivity contribution in [2.45, 2.75) is 19.9 Å². The smallest absolute Gasteiger partial charge is 0.364 e. The average molecular weight is 170 g/mol. The first-order valence-electron chi connectivity index (χ1n) is 4.50. The van der Waals surface area contributed by atoms with Crippen molar-refractivity contribution in [3.63, 3.8) is 0 Å². The molecule has 0 aromatic rings. The van der Waals surface area contributed by atoms with Crippen LogP contribution in [0.3, 0.4) is 0 Å². The Balaban J connectivity index is 2.08. The molecule has 1 saturated heterocycles. The van der Waals surface area contributed by atoms with Crippen LogP contribution in [0.25, 0.3) is 0 Å². The highest BCUT2D eigenvalue weighted by atomic mass is 16.5. The molecule has 2 N–H and O–H groups in total. The van der Waals surface area contributed by atoms with Crippen LogP contribution in [0.1, 0.15) is 13.8 Å². The first-order valence-corrected chi connectivity index (χ1v) is 4.50. The van der Waals surface area contributed by atoms with E-state index in [1.165, 1.54) is 7.11 Å². The van der Waals surface area contributed by atoms with E-state index in [-0.39, 0.29) is 12.0 Å². The second-order valence-corrected chi connectivity index (χ2v) is 4.47. The van der Waals surface area contributed by atoms with Gasteiger partial charge < -0.3 is 10.1 Å². The number of esters is 1. The maximum absolute atomic E-state index is 11.3. The van der Waals surface area contributed by atoms with Crippen LogP contribution in [-0.4, -0.2) is 25.7 Å². The number of quaternary nitrogens is 1. The summed E-state index contributed by atoms with van der Waals surface area (Å²) < 4.78 is 4.75. The molecule has 1 aliphatic carbocycles. The minimum Gasteiger partial charge on any atom is -0.465 e. The molecule has 0 aromatic heterocycles. The molecular formula is C9H16NO2+. The predicted octanol–water partition coefficient (Wildman–Crippen LogP) is -0.623. The van der Waals surface area contributed by atoms with Crippen molar-refractivity contribution in [3.8, 4) is 0 Å². The van der Waals surface area contributed by atoms with Gasteiger partial charge in [-0.3, -0.25) is 0 Å². The summed E-state index contributed by atoms with van der Waals surface area (Å²) in [5.41, 5.74) is 0.383. The zero-order valence-electron chi connectivity index (χ0n) is 7.83. The molecule has 68 valence electrons. The molecule has 2 aliphatic rings. The minimum absolute atomic E-state index is 0.0481. The molecule has 1 heterocycles. The van der Waals surface area contributed by atoms with Gasteiger partial charge in [-0.15, -0.1) is 0 Å². The van der Waals surface area contributed by atoms with Gasteiger partial charge in [-0.25, -0.2) is 4.79 Å². The fraction of sp³-hybridized carbons (Fsp3) is 0.889. The fourth-order valence-electron chi connectivity index (χ4n) is 2.77. The Hall–Kier alpha value is -0.570. The number of methoxy groups -OCH3 is 1. The third kappa shape index (κ3) is 0.829. The second-order valence-electron chi connectivity index (χ2n) is 4.47. The lowest BCUT2D eigenvalue weighted by Crippen LogP contribution is -2.90. The van der Waals surface area contributed by atoms with Crippen LogP contribution in [-0.2, 0) is 9.53 Å². The first kappa shape index (κ1) is 8.05. The largest absolute Gasteiger partial charge is 0.465 e. The predicted molar refractivity (Wildman–Crippen MR) is 43.4 cm³/mol. The SMILES string of the molecule is COC(=O)[C@H]1[NH2+]C[C@H]2[C@@H]1C2(C)C. The molecule has 1 aliphatic heterocycles. The van der Waals surface area contributed by atoms with Crippen molar-refractivity contribution < 1.29 is 14.8 Å². The van der Waals surface area contributed by atoms with E-state index in [0.717, 1.165) is 12.5 Å². The number of hydrogen-bond donors (Lipinski definition) is 1. The standard InChI is InChI=1S/C9H15NO2/c1-9(2)5-4-10-7(6(5)9)8(11)12-3/h5-7,10H,4H2,1-3H3/p+1/t5-,6-,7-/m0/s1. The van der Waals surface area contributed by atoms with E-state index in [2.05, 4.69) is 19.2 Å². The quantitative estimate of drug-likeness (QED) is 0.533. The summed E-state index contributed by atoms with van der Waals surface area (Å²) in [6.07, 6.45) is 0. The topological polar surface area (TPSA) is 42.9 Å². The molecule has 0 amide bonds. The molecule has 0 aromatic carbocycles. The molecule has 0 bridgehead atoms. The Labute approximate surface area is 72.5 Å². The zero-order valence-corrected chi connectivity index (χ0v) is 7.83. The number of carbonyl (C=O) groups is 1. The third-order valence-electron chi connectivity index (χ3n) is 3.64. The van der Waals surface area contributed by atoms with E-state index in [9.17, 15) is 4.79 Å². The summed E-state index contributed by atoms with van der Waals surface area (Å²) in [6, 6.07) is 0.0787. The summed E-state index contributed by atoms with van der Waals surface area (Å²) in [5, 5.41) is 2.12. The molecule has 3 heteroatoms. The summed E-state index contributed by atoms with van der Waals surface area (Å²) in [5.74, 6) is 1.25. The van der Waals surface area contributed by atoms with Gasteiger partial charge in [0.15, 0.2) is 6.04 Å². The van der Waals surface area contributed by atoms with E-state index < -0.39 is 0 Å². The number of nitrogens with two attached hydrogens (primary N) is 1. The summed E-state index contributed by atoms with van der Waals surface area (Å²) in [4.78, 5) is 11.3. The van der Waals surface area contributed by atoms with E-state index in [0.29, 0.717) is 11.3 Å². The molecule has 0 radical (unpaired) electrons. The zero-order chi connectivity index (χ0) is 8.93. The van der Waals surface area contributed by atoms with E-state index in [1.54, 1.807) is 0 Å². The summed E-state index contributed by atoms with van der Waals surface area (Å²) in [6.45, 7) is 5.58. The van der Waals surface area contributed by atoms with Crippen molar-refractivity contribution in [3.05, 3.63) is 0 Å². The summed E-state index contributed by atoms with van der Waals surface area (Å²) >= 11 is 0. The monoisotopic (exact) mass is 170 g/mol. The Morgan fingerprint density at radius 2 is 2.25 bits per heavy atom. The number of piperidine rings is 1. The van der Waals surface area contributed by atoms with Crippen LogP contribution in [0, 0.1) is 17.3 Å². The Kier molecular flexibility index (Phi) is 1.49. The molecular weight excluding hydrogens is 154 g/mol. The maximum atomic E-state index is 11.3. The highest BCUT2D eigenvalue weighted by Crippen LogP contribution is 2.60. The van der Waals surface area contributed by atoms with Crippen LogP contribution in [0.5, 0.6) is 0 Å². The van der Waals surface area contributed by atoms with Gasteiger partial charge in [-0.1, -0.05) is 13.8 Å². The van der Waals surface area contributed by atoms with Crippen LogP contribution >= 0.6 is 0 Å². The van der Waals surface area contributed by atoms with Crippen molar-refractivity contribution in [1.29, 1.82) is 0 Å². The number of ether oxygens (including phenoxy) is 1. The maximum Gasteiger partial charge on any atom is 0.364 e. The molecule has 12 heavy (non-hydrogen) atoms. The fourth-order valence-corrected chi connectivity index (χ4v) is 2.77. The number of fused-ring (bicyclic) bond motifs is 1. The number of carbonyl (C=O) groups excluding carboxylic acids is 1. The Morgan fingerprint density at radius 1 is 1.58 bits per heavy atom. The van der Waals surface area contributed by atoms with Gasteiger partial charge in [0, 0.05) is 11.8 Å². The lowest BCUT2D eigenvalue weighted by molar-refractivity contribution is -0.670. The summed E-state index contributed by atoms with van der Waals surface area (Å²) in [7, 11) is 1.47. The lowest BCUT2D eigenvalue weighted by atomic mass is 10.0.